The summed E-state index contributed by atoms with van der Waals surface area (Å²) in [5.41, 5.74) is 4.41. The SMILES string of the molecule is Cc1cc(CS(=O)(=O)/C=C/c2ccccc2)c(CS(=O)(=O)/C=C/c2ccccc2)cc1C. The molecule has 0 spiro atoms. The van der Waals surface area contributed by atoms with E-state index in [1.807, 2.05) is 74.5 Å². The molecule has 3 aromatic rings. The van der Waals surface area contributed by atoms with Crippen molar-refractivity contribution in [2.24, 2.45) is 0 Å². The monoisotopic (exact) mass is 466 g/mol. The van der Waals surface area contributed by atoms with Gasteiger partial charge in [-0.25, -0.2) is 16.8 Å². The van der Waals surface area contributed by atoms with E-state index in [0.29, 0.717) is 11.1 Å². The quantitative estimate of drug-likeness (QED) is 0.441. The number of sulfone groups is 2. The van der Waals surface area contributed by atoms with E-state index in [0.717, 1.165) is 22.3 Å². The number of hydrogen-bond donors (Lipinski definition) is 0. The maximum absolute atomic E-state index is 12.7. The zero-order valence-electron chi connectivity index (χ0n) is 18.1. The number of benzene rings is 3. The summed E-state index contributed by atoms with van der Waals surface area (Å²) >= 11 is 0. The molecule has 32 heavy (non-hydrogen) atoms. The number of aryl methyl sites for hydroxylation is 2. The molecule has 6 heteroatoms. The Morgan fingerprint density at radius 2 is 0.938 bits per heavy atom. The van der Waals surface area contributed by atoms with Crippen molar-refractivity contribution in [2.75, 3.05) is 0 Å². The van der Waals surface area contributed by atoms with Crippen LogP contribution in [0.25, 0.3) is 12.2 Å². The zero-order valence-corrected chi connectivity index (χ0v) is 19.7. The van der Waals surface area contributed by atoms with E-state index in [-0.39, 0.29) is 11.5 Å². The maximum atomic E-state index is 12.7. The Balaban J connectivity index is 1.87. The average Bonchev–Trinajstić information content (AvgIpc) is 2.76. The van der Waals surface area contributed by atoms with Crippen molar-refractivity contribution in [2.45, 2.75) is 25.4 Å². The van der Waals surface area contributed by atoms with Crippen molar-refractivity contribution in [1.29, 1.82) is 0 Å². The maximum Gasteiger partial charge on any atom is 0.175 e. The average molecular weight is 467 g/mol. The van der Waals surface area contributed by atoms with Gasteiger partial charge in [0.1, 0.15) is 0 Å². The Hall–Kier alpha value is -2.96. The molecule has 0 aliphatic heterocycles. The van der Waals surface area contributed by atoms with Crippen molar-refractivity contribution in [3.8, 4) is 0 Å². The first-order valence-electron chi connectivity index (χ1n) is 10.1. The van der Waals surface area contributed by atoms with Crippen LogP contribution in [0.1, 0.15) is 33.4 Å². The zero-order chi connectivity index (χ0) is 23.2. The van der Waals surface area contributed by atoms with E-state index in [9.17, 15) is 16.8 Å². The number of rotatable bonds is 8. The molecule has 0 radical (unpaired) electrons. The second kappa shape index (κ2) is 10.1. The smallest absolute Gasteiger partial charge is 0.175 e. The molecule has 0 N–H and O–H groups in total. The first-order valence-corrected chi connectivity index (χ1v) is 13.6. The van der Waals surface area contributed by atoms with Crippen LogP contribution in [-0.4, -0.2) is 16.8 Å². The fraction of sp³-hybridized carbons (Fsp3) is 0.154. The normalized spacial score (nSPS) is 12.6. The Morgan fingerprint density at radius 3 is 1.28 bits per heavy atom. The lowest BCUT2D eigenvalue weighted by atomic mass is 10.0. The topological polar surface area (TPSA) is 68.3 Å². The van der Waals surface area contributed by atoms with Gasteiger partial charge >= 0.3 is 0 Å². The van der Waals surface area contributed by atoms with E-state index < -0.39 is 19.7 Å². The third-order valence-electron chi connectivity index (χ3n) is 5.06. The van der Waals surface area contributed by atoms with Crippen LogP contribution in [0.4, 0.5) is 0 Å². The summed E-state index contributed by atoms with van der Waals surface area (Å²) < 4.78 is 51.0. The van der Waals surface area contributed by atoms with Gasteiger partial charge < -0.3 is 0 Å². The third kappa shape index (κ3) is 7.04. The van der Waals surface area contributed by atoms with Crippen LogP contribution in [0.15, 0.2) is 83.6 Å². The van der Waals surface area contributed by atoms with E-state index in [1.165, 1.54) is 10.8 Å². The molecule has 166 valence electrons. The summed E-state index contributed by atoms with van der Waals surface area (Å²) in [6.45, 7) is 3.78. The second-order valence-electron chi connectivity index (χ2n) is 7.75. The summed E-state index contributed by atoms with van der Waals surface area (Å²) in [5.74, 6) is -0.518. The molecule has 3 aromatic carbocycles. The van der Waals surface area contributed by atoms with Gasteiger partial charge in [-0.05, 0) is 59.4 Å². The Morgan fingerprint density at radius 1 is 0.594 bits per heavy atom. The summed E-state index contributed by atoms with van der Waals surface area (Å²) in [5, 5.41) is 2.37. The van der Waals surface area contributed by atoms with Crippen molar-refractivity contribution in [3.63, 3.8) is 0 Å². The lowest BCUT2D eigenvalue weighted by Crippen LogP contribution is -2.08. The third-order valence-corrected chi connectivity index (χ3v) is 7.59. The van der Waals surface area contributed by atoms with Crippen molar-refractivity contribution < 1.29 is 16.8 Å². The van der Waals surface area contributed by atoms with Gasteiger partial charge in [-0.1, -0.05) is 72.8 Å². The van der Waals surface area contributed by atoms with Crippen LogP contribution in [0.2, 0.25) is 0 Å². The second-order valence-corrected chi connectivity index (χ2v) is 11.5. The van der Waals surface area contributed by atoms with Crippen molar-refractivity contribution in [3.05, 3.63) is 117 Å². The minimum atomic E-state index is -3.59. The standard InChI is InChI=1S/C26H26O4S2/c1-21-17-25(19-31(27,28)15-13-23-9-5-3-6-10-23)26(18-22(21)2)20-32(29,30)16-14-24-11-7-4-8-12-24/h3-18H,19-20H2,1-2H3/b15-13+,16-14+. The first kappa shape index (κ1) is 23.7. The molecule has 0 saturated carbocycles. The molecule has 0 aromatic heterocycles. The molecule has 0 aliphatic rings. The largest absolute Gasteiger partial charge is 0.224 e. The molecule has 3 rings (SSSR count). The highest BCUT2D eigenvalue weighted by molar-refractivity contribution is 7.94. The first-order chi connectivity index (χ1) is 15.1. The molecule has 4 nitrogen and oxygen atoms in total. The van der Waals surface area contributed by atoms with Gasteiger partial charge in [0.05, 0.1) is 11.5 Å². The molecule has 0 atom stereocenters. The predicted octanol–water partition coefficient (Wildman–Crippen LogP) is 5.47. The molecular weight excluding hydrogens is 440 g/mol. The van der Waals surface area contributed by atoms with Crippen molar-refractivity contribution >= 4 is 31.8 Å². The molecular formula is C26H26O4S2. The molecule has 0 bridgehead atoms. The van der Waals surface area contributed by atoms with Crippen LogP contribution in [0, 0.1) is 13.8 Å². The molecule has 0 unspecified atom stereocenters. The highest BCUT2D eigenvalue weighted by Gasteiger charge is 2.17. The molecule has 0 fully saturated rings. The van der Waals surface area contributed by atoms with E-state index in [2.05, 4.69) is 0 Å². The van der Waals surface area contributed by atoms with E-state index in [4.69, 9.17) is 0 Å². The van der Waals surface area contributed by atoms with Gasteiger partial charge in [0, 0.05) is 10.8 Å². The van der Waals surface area contributed by atoms with Gasteiger partial charge in [-0.2, -0.15) is 0 Å². The molecule has 0 saturated heterocycles. The number of hydrogen-bond acceptors (Lipinski definition) is 4. The highest BCUT2D eigenvalue weighted by atomic mass is 32.2. The van der Waals surface area contributed by atoms with Gasteiger partial charge in [0.15, 0.2) is 19.7 Å². The van der Waals surface area contributed by atoms with Gasteiger partial charge in [-0.3, -0.25) is 0 Å². The van der Waals surface area contributed by atoms with E-state index >= 15 is 0 Å². The minimum Gasteiger partial charge on any atom is -0.224 e. The Labute approximate surface area is 190 Å². The van der Waals surface area contributed by atoms with Crippen molar-refractivity contribution in [1.82, 2.24) is 0 Å². The Kier molecular flexibility index (Phi) is 7.48. The van der Waals surface area contributed by atoms with Gasteiger partial charge in [0.2, 0.25) is 0 Å². The van der Waals surface area contributed by atoms with E-state index in [1.54, 1.807) is 24.3 Å². The fourth-order valence-electron chi connectivity index (χ4n) is 3.23. The van der Waals surface area contributed by atoms with Crippen LogP contribution in [0.3, 0.4) is 0 Å². The lowest BCUT2D eigenvalue weighted by Gasteiger charge is -2.12. The minimum absolute atomic E-state index is 0.259. The van der Waals surface area contributed by atoms with Crippen LogP contribution >= 0.6 is 0 Å². The van der Waals surface area contributed by atoms with Gasteiger partial charge in [0.25, 0.3) is 0 Å². The highest BCUT2D eigenvalue weighted by Crippen LogP contribution is 2.22. The predicted molar refractivity (Wildman–Crippen MR) is 132 cm³/mol. The summed E-state index contributed by atoms with van der Waals surface area (Å²) in [4.78, 5) is 0. The molecule has 0 heterocycles. The summed E-state index contributed by atoms with van der Waals surface area (Å²) in [6, 6.07) is 21.9. The summed E-state index contributed by atoms with van der Waals surface area (Å²) in [6.07, 6.45) is 3.10. The van der Waals surface area contributed by atoms with Crippen LogP contribution < -0.4 is 0 Å². The molecule has 0 aliphatic carbocycles. The lowest BCUT2D eigenvalue weighted by molar-refractivity contribution is 0.600. The van der Waals surface area contributed by atoms with Gasteiger partial charge in [-0.15, -0.1) is 0 Å². The summed E-state index contributed by atoms with van der Waals surface area (Å²) in [7, 11) is -7.18. The molecule has 0 amide bonds. The fourth-order valence-corrected chi connectivity index (χ4v) is 5.55. The van der Waals surface area contributed by atoms with Crippen LogP contribution in [-0.2, 0) is 31.2 Å². The van der Waals surface area contributed by atoms with Crippen LogP contribution in [0.5, 0.6) is 0 Å². The Bertz CT molecular complexity index is 1230.